The Morgan fingerprint density at radius 1 is 1.21 bits per heavy atom. The maximum atomic E-state index is 12.2. The van der Waals surface area contributed by atoms with Gasteiger partial charge in [-0.05, 0) is 24.6 Å². The quantitative estimate of drug-likeness (QED) is 0.770. The summed E-state index contributed by atoms with van der Waals surface area (Å²) in [6.45, 7) is 2.33. The first-order valence-corrected chi connectivity index (χ1v) is 7.98. The molecule has 1 amide bonds. The Morgan fingerprint density at radius 3 is 2.62 bits per heavy atom. The summed E-state index contributed by atoms with van der Waals surface area (Å²) in [5.41, 5.74) is 2.11. The lowest BCUT2D eigenvalue weighted by Gasteiger charge is -2.04. The van der Waals surface area contributed by atoms with Gasteiger partial charge in [-0.15, -0.1) is 0 Å². The second kappa shape index (κ2) is 6.67. The molecule has 6 nitrogen and oxygen atoms in total. The molecule has 0 fully saturated rings. The van der Waals surface area contributed by atoms with E-state index >= 15 is 0 Å². The van der Waals surface area contributed by atoms with E-state index in [-0.39, 0.29) is 11.7 Å². The molecule has 1 N–H and O–H groups in total. The van der Waals surface area contributed by atoms with Crippen molar-refractivity contribution >= 4 is 34.9 Å². The highest BCUT2D eigenvalue weighted by atomic mass is 35.5. The van der Waals surface area contributed by atoms with E-state index in [0.717, 1.165) is 11.3 Å². The Morgan fingerprint density at radius 2 is 1.96 bits per heavy atom. The first-order valence-electron chi connectivity index (χ1n) is 7.22. The van der Waals surface area contributed by atoms with Crippen molar-refractivity contribution in [2.45, 2.75) is 13.5 Å². The monoisotopic (exact) mass is 363 g/mol. The minimum absolute atomic E-state index is 0.289. The van der Waals surface area contributed by atoms with E-state index in [2.05, 4.69) is 15.5 Å². The SMILES string of the molecule is Cc1cc(C(=O)Nc2nn(Cc3ccccc3Cl)cc2Cl)nn1C. The molecule has 1 aromatic carbocycles. The van der Waals surface area contributed by atoms with Gasteiger partial charge in [0.15, 0.2) is 11.5 Å². The highest BCUT2D eigenvalue weighted by molar-refractivity contribution is 6.33. The maximum absolute atomic E-state index is 12.2. The van der Waals surface area contributed by atoms with Crippen molar-refractivity contribution in [3.8, 4) is 0 Å². The average Bonchev–Trinajstić information content (AvgIpc) is 3.05. The number of carbonyl (C=O) groups excluding carboxylic acids is 1. The van der Waals surface area contributed by atoms with E-state index in [4.69, 9.17) is 23.2 Å². The number of anilines is 1. The molecule has 24 heavy (non-hydrogen) atoms. The van der Waals surface area contributed by atoms with Crippen molar-refractivity contribution in [3.63, 3.8) is 0 Å². The Labute approximate surface area is 149 Å². The van der Waals surface area contributed by atoms with Gasteiger partial charge in [-0.2, -0.15) is 10.2 Å². The molecule has 0 atom stereocenters. The molecule has 0 spiro atoms. The van der Waals surface area contributed by atoms with Gasteiger partial charge in [0.25, 0.3) is 5.91 Å². The lowest BCUT2D eigenvalue weighted by molar-refractivity contribution is 0.102. The third kappa shape index (κ3) is 3.44. The molecular weight excluding hydrogens is 349 g/mol. The number of carbonyl (C=O) groups is 1. The van der Waals surface area contributed by atoms with Gasteiger partial charge in [-0.25, -0.2) is 0 Å². The number of rotatable bonds is 4. The molecule has 2 aromatic heterocycles. The summed E-state index contributed by atoms with van der Waals surface area (Å²) in [5.74, 6) is -0.0689. The molecule has 0 bridgehead atoms. The van der Waals surface area contributed by atoms with Crippen LogP contribution in [0.4, 0.5) is 5.82 Å². The minimum atomic E-state index is -0.358. The molecule has 124 valence electrons. The average molecular weight is 364 g/mol. The van der Waals surface area contributed by atoms with Gasteiger partial charge in [0.1, 0.15) is 5.02 Å². The van der Waals surface area contributed by atoms with Crippen molar-refractivity contribution < 1.29 is 4.79 Å². The van der Waals surface area contributed by atoms with Crippen LogP contribution in [0.5, 0.6) is 0 Å². The van der Waals surface area contributed by atoms with E-state index in [1.807, 2.05) is 31.2 Å². The molecule has 0 saturated heterocycles. The van der Waals surface area contributed by atoms with Crippen LogP contribution in [0.2, 0.25) is 10.0 Å². The Hall–Kier alpha value is -2.31. The van der Waals surface area contributed by atoms with E-state index in [1.165, 1.54) is 0 Å². The van der Waals surface area contributed by atoms with Crippen molar-refractivity contribution in [3.05, 3.63) is 63.5 Å². The molecule has 0 aliphatic heterocycles. The molecule has 2 heterocycles. The van der Waals surface area contributed by atoms with Gasteiger partial charge in [-0.3, -0.25) is 14.2 Å². The van der Waals surface area contributed by atoms with Crippen LogP contribution in [-0.4, -0.2) is 25.5 Å². The van der Waals surface area contributed by atoms with Gasteiger partial charge in [0.2, 0.25) is 0 Å². The normalized spacial score (nSPS) is 10.8. The zero-order chi connectivity index (χ0) is 17.3. The molecule has 3 rings (SSSR count). The van der Waals surface area contributed by atoms with Gasteiger partial charge in [0.05, 0.1) is 6.54 Å². The maximum Gasteiger partial charge on any atom is 0.277 e. The third-order valence-corrected chi connectivity index (χ3v) is 4.23. The number of hydrogen-bond donors (Lipinski definition) is 1. The first-order chi connectivity index (χ1) is 11.4. The van der Waals surface area contributed by atoms with Gasteiger partial charge >= 0.3 is 0 Å². The number of aromatic nitrogens is 4. The highest BCUT2D eigenvalue weighted by Crippen LogP contribution is 2.22. The summed E-state index contributed by atoms with van der Waals surface area (Å²) in [7, 11) is 1.78. The Bertz CT molecular complexity index is 880. The summed E-state index contributed by atoms with van der Waals surface area (Å²) >= 11 is 12.3. The number of hydrogen-bond acceptors (Lipinski definition) is 3. The predicted octanol–water partition coefficient (Wildman–Crippen LogP) is 3.53. The number of halogens is 2. The van der Waals surface area contributed by atoms with Crippen molar-refractivity contribution in [1.29, 1.82) is 0 Å². The van der Waals surface area contributed by atoms with Crippen LogP contribution in [0.25, 0.3) is 0 Å². The fourth-order valence-electron chi connectivity index (χ4n) is 2.21. The lowest BCUT2D eigenvalue weighted by Crippen LogP contribution is -2.14. The molecule has 0 radical (unpaired) electrons. The summed E-state index contributed by atoms with van der Waals surface area (Å²) < 4.78 is 3.26. The second-order valence-corrected chi connectivity index (χ2v) is 6.18. The lowest BCUT2D eigenvalue weighted by atomic mass is 10.2. The first kappa shape index (κ1) is 16.5. The zero-order valence-electron chi connectivity index (χ0n) is 13.1. The van der Waals surface area contributed by atoms with E-state index in [1.54, 1.807) is 28.7 Å². The number of nitrogens with one attached hydrogen (secondary N) is 1. The summed E-state index contributed by atoms with van der Waals surface area (Å²) in [5, 5.41) is 12.1. The van der Waals surface area contributed by atoms with Crippen molar-refractivity contribution in [2.75, 3.05) is 5.32 Å². The van der Waals surface area contributed by atoms with E-state index < -0.39 is 0 Å². The fraction of sp³-hybridized carbons (Fsp3) is 0.188. The van der Waals surface area contributed by atoms with E-state index in [9.17, 15) is 4.79 Å². The number of nitrogens with zero attached hydrogens (tertiary/aromatic N) is 4. The van der Waals surface area contributed by atoms with Crippen LogP contribution >= 0.6 is 23.2 Å². The van der Waals surface area contributed by atoms with Gasteiger partial charge in [-0.1, -0.05) is 41.4 Å². The van der Waals surface area contributed by atoms with Gasteiger partial charge < -0.3 is 5.32 Å². The van der Waals surface area contributed by atoms with Crippen LogP contribution in [0.15, 0.2) is 36.5 Å². The van der Waals surface area contributed by atoms with Crippen molar-refractivity contribution in [2.24, 2.45) is 7.05 Å². The zero-order valence-corrected chi connectivity index (χ0v) is 14.6. The highest BCUT2D eigenvalue weighted by Gasteiger charge is 2.15. The Kier molecular flexibility index (Phi) is 4.59. The summed E-state index contributed by atoms with van der Waals surface area (Å²) in [6.07, 6.45) is 1.64. The topological polar surface area (TPSA) is 64.7 Å². The predicted molar refractivity (Wildman–Crippen MR) is 93.7 cm³/mol. The largest absolute Gasteiger partial charge is 0.302 e. The van der Waals surface area contributed by atoms with Gasteiger partial charge in [0, 0.05) is 24.0 Å². The van der Waals surface area contributed by atoms with E-state index in [0.29, 0.717) is 22.3 Å². The smallest absolute Gasteiger partial charge is 0.277 e. The number of aryl methyl sites for hydroxylation is 2. The van der Waals surface area contributed by atoms with Crippen LogP contribution in [0.1, 0.15) is 21.7 Å². The van der Waals surface area contributed by atoms with Crippen molar-refractivity contribution in [1.82, 2.24) is 19.6 Å². The summed E-state index contributed by atoms with van der Waals surface area (Å²) in [6, 6.07) is 9.19. The third-order valence-electron chi connectivity index (χ3n) is 3.59. The fourth-order valence-corrected chi connectivity index (χ4v) is 2.60. The molecule has 3 aromatic rings. The summed E-state index contributed by atoms with van der Waals surface area (Å²) in [4.78, 5) is 12.2. The Balaban J connectivity index is 1.77. The van der Waals surface area contributed by atoms with Crippen LogP contribution in [0.3, 0.4) is 0 Å². The molecule has 0 aliphatic carbocycles. The molecule has 0 unspecified atom stereocenters. The minimum Gasteiger partial charge on any atom is -0.302 e. The molecule has 0 saturated carbocycles. The van der Waals surface area contributed by atoms with Crippen LogP contribution in [0, 0.1) is 6.92 Å². The number of benzene rings is 1. The van der Waals surface area contributed by atoms with Crippen LogP contribution in [-0.2, 0) is 13.6 Å². The molecule has 0 aliphatic rings. The number of amides is 1. The van der Waals surface area contributed by atoms with Crippen LogP contribution < -0.4 is 5.32 Å². The second-order valence-electron chi connectivity index (χ2n) is 5.36. The standard InChI is InChI=1S/C16H15Cl2N5O/c1-10-7-14(20-22(10)2)16(24)19-15-13(18)9-23(21-15)8-11-5-3-4-6-12(11)17/h3-7,9H,8H2,1-2H3,(H,19,21,24). The molecule has 8 heteroatoms. The molecular formula is C16H15Cl2N5O.